The van der Waals surface area contributed by atoms with Crippen LogP contribution in [0.25, 0.3) is 5.69 Å². The molecular weight excluding hydrogens is 372 g/mol. The second kappa shape index (κ2) is 8.83. The van der Waals surface area contributed by atoms with Crippen molar-refractivity contribution in [3.05, 3.63) is 76.7 Å². The van der Waals surface area contributed by atoms with Gasteiger partial charge < -0.3 is 15.4 Å². The van der Waals surface area contributed by atoms with Gasteiger partial charge in [-0.3, -0.25) is 14.4 Å². The lowest BCUT2D eigenvalue weighted by Crippen LogP contribution is -2.25. The predicted octanol–water partition coefficient (Wildman–Crippen LogP) is 2.84. The number of aromatic nitrogens is 2. The zero-order valence-electron chi connectivity index (χ0n) is 16.0. The third kappa shape index (κ3) is 5.07. The molecule has 148 valence electrons. The van der Waals surface area contributed by atoms with E-state index in [-0.39, 0.29) is 11.6 Å². The maximum atomic E-state index is 12.5. The minimum absolute atomic E-state index is 0.190. The first kappa shape index (κ1) is 19.8. The van der Waals surface area contributed by atoms with Crippen LogP contribution in [0, 0.1) is 0 Å². The lowest BCUT2D eigenvalue weighted by molar-refractivity contribution is -0.114. The number of ether oxygens (including phenoxy) is 1. The van der Waals surface area contributed by atoms with E-state index in [2.05, 4.69) is 15.7 Å². The first-order chi connectivity index (χ1) is 14.0. The molecule has 2 amide bonds. The lowest BCUT2D eigenvalue weighted by Gasteiger charge is -2.09. The number of benzene rings is 2. The number of hydrogen-bond acceptors (Lipinski definition) is 5. The molecule has 3 aromatic rings. The summed E-state index contributed by atoms with van der Waals surface area (Å²) < 4.78 is 6.86. The van der Waals surface area contributed by atoms with E-state index in [1.54, 1.807) is 48.5 Å². The van der Waals surface area contributed by atoms with Gasteiger partial charge >= 0.3 is 0 Å². The quantitative estimate of drug-likeness (QED) is 0.672. The van der Waals surface area contributed by atoms with Crippen molar-refractivity contribution >= 4 is 23.2 Å². The van der Waals surface area contributed by atoms with Gasteiger partial charge in [-0.1, -0.05) is 0 Å². The van der Waals surface area contributed by atoms with Gasteiger partial charge in [0, 0.05) is 30.6 Å². The van der Waals surface area contributed by atoms with Crippen molar-refractivity contribution < 1.29 is 14.3 Å². The Bertz CT molecular complexity index is 1070. The van der Waals surface area contributed by atoms with E-state index in [1.165, 1.54) is 23.9 Å². The maximum absolute atomic E-state index is 12.5. The highest BCUT2D eigenvalue weighted by atomic mass is 16.5. The van der Waals surface area contributed by atoms with Crippen LogP contribution in [-0.2, 0) is 4.79 Å². The molecule has 1 heterocycles. The van der Waals surface area contributed by atoms with Crippen molar-refractivity contribution in [2.75, 3.05) is 17.2 Å². The maximum Gasteiger partial charge on any atom is 0.280 e. The van der Waals surface area contributed by atoms with Crippen molar-refractivity contribution in [3.8, 4) is 11.4 Å². The van der Waals surface area contributed by atoms with Gasteiger partial charge in [0.25, 0.3) is 5.91 Å². The van der Waals surface area contributed by atoms with Gasteiger partial charge in [-0.2, -0.15) is 5.10 Å². The summed E-state index contributed by atoms with van der Waals surface area (Å²) in [4.78, 5) is 35.8. The molecule has 0 unspecified atom stereocenters. The van der Waals surface area contributed by atoms with Gasteiger partial charge in [0.05, 0.1) is 12.3 Å². The molecule has 8 heteroatoms. The van der Waals surface area contributed by atoms with Crippen LogP contribution in [0.3, 0.4) is 0 Å². The molecule has 0 aliphatic heterocycles. The fourth-order valence-corrected chi connectivity index (χ4v) is 2.60. The smallest absolute Gasteiger partial charge is 0.280 e. The monoisotopic (exact) mass is 392 g/mol. The zero-order chi connectivity index (χ0) is 20.8. The lowest BCUT2D eigenvalue weighted by atomic mass is 10.2. The number of carbonyl (C=O) groups excluding carboxylic acids is 2. The van der Waals surface area contributed by atoms with Crippen LogP contribution in [0.1, 0.15) is 24.3 Å². The van der Waals surface area contributed by atoms with Gasteiger partial charge in [0.15, 0.2) is 5.69 Å². The first-order valence-electron chi connectivity index (χ1n) is 8.98. The van der Waals surface area contributed by atoms with Gasteiger partial charge in [0.1, 0.15) is 5.75 Å². The molecule has 0 aliphatic carbocycles. The van der Waals surface area contributed by atoms with Crippen molar-refractivity contribution in [3.63, 3.8) is 0 Å². The molecule has 0 radical (unpaired) electrons. The van der Waals surface area contributed by atoms with Crippen molar-refractivity contribution in [1.29, 1.82) is 0 Å². The topological polar surface area (TPSA) is 102 Å². The normalized spacial score (nSPS) is 10.3. The Morgan fingerprint density at radius 3 is 2.17 bits per heavy atom. The minimum Gasteiger partial charge on any atom is -0.494 e. The number of carbonyl (C=O) groups is 2. The summed E-state index contributed by atoms with van der Waals surface area (Å²) in [5, 5.41) is 9.44. The van der Waals surface area contributed by atoms with Crippen molar-refractivity contribution in [2.45, 2.75) is 13.8 Å². The summed E-state index contributed by atoms with van der Waals surface area (Å²) in [7, 11) is 0. The molecule has 1 aromatic heterocycles. The summed E-state index contributed by atoms with van der Waals surface area (Å²) in [5.41, 5.74) is 1.04. The van der Waals surface area contributed by atoms with Crippen LogP contribution < -0.4 is 20.8 Å². The van der Waals surface area contributed by atoms with Crippen molar-refractivity contribution in [1.82, 2.24) is 9.78 Å². The Kier molecular flexibility index (Phi) is 6.03. The van der Waals surface area contributed by atoms with Crippen LogP contribution >= 0.6 is 0 Å². The van der Waals surface area contributed by atoms with Crippen molar-refractivity contribution in [2.24, 2.45) is 0 Å². The van der Waals surface area contributed by atoms with Crippen LogP contribution in [0.4, 0.5) is 11.4 Å². The summed E-state index contributed by atoms with van der Waals surface area (Å²) in [5.74, 6) is -0.0920. The molecule has 0 saturated heterocycles. The van der Waals surface area contributed by atoms with E-state index in [4.69, 9.17) is 4.74 Å². The van der Waals surface area contributed by atoms with E-state index >= 15 is 0 Å². The number of hydrogen-bond donors (Lipinski definition) is 2. The fourth-order valence-electron chi connectivity index (χ4n) is 2.60. The second-order valence-corrected chi connectivity index (χ2v) is 6.11. The third-order valence-corrected chi connectivity index (χ3v) is 3.90. The summed E-state index contributed by atoms with van der Waals surface area (Å²) in [6.07, 6.45) is 1.50. The molecule has 2 aromatic carbocycles. The largest absolute Gasteiger partial charge is 0.494 e. The number of amides is 2. The van der Waals surface area contributed by atoms with E-state index in [0.717, 1.165) is 5.75 Å². The summed E-state index contributed by atoms with van der Waals surface area (Å²) in [6.45, 7) is 3.87. The Morgan fingerprint density at radius 1 is 0.966 bits per heavy atom. The Hall–Kier alpha value is -3.94. The first-order valence-corrected chi connectivity index (χ1v) is 8.98. The van der Waals surface area contributed by atoms with Gasteiger partial charge in [-0.05, 0) is 55.5 Å². The molecule has 0 fully saturated rings. The highest BCUT2D eigenvalue weighted by Crippen LogP contribution is 2.15. The predicted molar refractivity (Wildman–Crippen MR) is 110 cm³/mol. The number of anilines is 2. The average molecular weight is 392 g/mol. The van der Waals surface area contributed by atoms with Crippen LogP contribution in [0.15, 0.2) is 65.6 Å². The fraction of sp³-hybridized carbons (Fsp3) is 0.143. The molecular formula is C21H20N4O4. The van der Waals surface area contributed by atoms with Crippen LogP contribution in [-0.4, -0.2) is 28.2 Å². The standard InChI is InChI=1S/C21H20N4O4/c1-3-29-18-10-8-17(9-11-18)25-13-12-19(27)20(24-25)21(28)23-16-6-4-15(5-7-16)22-14(2)26/h4-13H,3H2,1-2H3,(H,22,26)(H,23,28). The molecule has 0 saturated carbocycles. The van der Waals surface area contributed by atoms with E-state index in [9.17, 15) is 14.4 Å². The molecule has 3 rings (SSSR count). The Labute approximate surface area is 167 Å². The summed E-state index contributed by atoms with van der Waals surface area (Å²) in [6, 6.07) is 15.0. The molecule has 0 bridgehead atoms. The number of rotatable bonds is 6. The zero-order valence-corrected chi connectivity index (χ0v) is 16.0. The van der Waals surface area contributed by atoms with Gasteiger partial charge in [-0.15, -0.1) is 0 Å². The average Bonchev–Trinajstić information content (AvgIpc) is 2.70. The molecule has 29 heavy (non-hydrogen) atoms. The molecule has 0 aliphatic rings. The highest BCUT2D eigenvalue weighted by molar-refractivity contribution is 6.02. The molecule has 0 atom stereocenters. The highest BCUT2D eigenvalue weighted by Gasteiger charge is 2.14. The third-order valence-electron chi connectivity index (χ3n) is 3.90. The Morgan fingerprint density at radius 2 is 1.59 bits per heavy atom. The minimum atomic E-state index is -0.623. The van der Waals surface area contributed by atoms with Gasteiger partial charge in [-0.25, -0.2) is 4.68 Å². The second-order valence-electron chi connectivity index (χ2n) is 6.11. The Balaban J connectivity index is 1.79. The van der Waals surface area contributed by atoms with E-state index in [1.807, 2.05) is 6.92 Å². The molecule has 8 nitrogen and oxygen atoms in total. The molecule has 2 N–H and O–H groups in total. The van der Waals surface area contributed by atoms with Crippen LogP contribution in [0.5, 0.6) is 5.75 Å². The number of nitrogens with one attached hydrogen (secondary N) is 2. The van der Waals surface area contributed by atoms with Crippen LogP contribution in [0.2, 0.25) is 0 Å². The number of nitrogens with zero attached hydrogens (tertiary/aromatic N) is 2. The molecule has 0 spiro atoms. The van der Waals surface area contributed by atoms with E-state index < -0.39 is 11.3 Å². The van der Waals surface area contributed by atoms with E-state index in [0.29, 0.717) is 23.7 Å². The van der Waals surface area contributed by atoms with Gasteiger partial charge in [0.2, 0.25) is 11.3 Å². The summed E-state index contributed by atoms with van der Waals surface area (Å²) >= 11 is 0. The SMILES string of the molecule is CCOc1ccc(-n2ccc(=O)c(C(=O)Nc3ccc(NC(C)=O)cc3)n2)cc1.